The third-order valence-electron chi connectivity index (χ3n) is 3.44. The van der Waals surface area contributed by atoms with Crippen molar-refractivity contribution in [3.05, 3.63) is 0 Å². The molecule has 0 aliphatic carbocycles. The van der Waals surface area contributed by atoms with Gasteiger partial charge >= 0.3 is 0 Å². The normalized spacial score (nSPS) is 33.6. The van der Waals surface area contributed by atoms with Crippen LogP contribution in [0.2, 0.25) is 0 Å². The zero-order valence-corrected chi connectivity index (χ0v) is 10.9. The van der Waals surface area contributed by atoms with Gasteiger partial charge in [0.1, 0.15) is 0 Å². The zero-order chi connectivity index (χ0) is 12.6. The summed E-state index contributed by atoms with van der Waals surface area (Å²) in [6.45, 7) is 0.946. The van der Waals surface area contributed by atoms with Crippen molar-refractivity contribution in [2.24, 2.45) is 5.92 Å². The van der Waals surface area contributed by atoms with Gasteiger partial charge in [-0.25, -0.2) is 8.42 Å². The summed E-state index contributed by atoms with van der Waals surface area (Å²) < 4.78 is 29.9. The fourth-order valence-electron chi connectivity index (χ4n) is 2.54. The van der Waals surface area contributed by atoms with Gasteiger partial charge in [-0.1, -0.05) is 0 Å². The molecule has 1 N–H and O–H groups in total. The number of carbonyl (C=O) groups is 1. The molecule has 0 aromatic rings. The van der Waals surface area contributed by atoms with Crippen LogP contribution in [0.25, 0.3) is 0 Å². The lowest BCUT2D eigenvalue weighted by Gasteiger charge is -2.16. The zero-order valence-electron chi connectivity index (χ0n) is 10.0. The molecule has 1 amide bonds. The van der Waals surface area contributed by atoms with Gasteiger partial charge < -0.3 is 10.1 Å². The molecule has 3 atom stereocenters. The smallest absolute Gasteiger partial charge is 0.222 e. The molecule has 0 bridgehead atoms. The van der Waals surface area contributed by atoms with E-state index in [1.54, 1.807) is 7.05 Å². The Morgan fingerprint density at radius 3 is 2.71 bits per heavy atom. The summed E-state index contributed by atoms with van der Waals surface area (Å²) in [5.41, 5.74) is 0. The van der Waals surface area contributed by atoms with E-state index in [0.29, 0.717) is 19.5 Å². The molecule has 0 radical (unpaired) electrons. The molecule has 98 valence electrons. The molecule has 2 rings (SSSR count). The standard InChI is InChI=1S/C10H18N2O4S/c1-11-10(13)4-8-3-7-5-12(17(2,14)15)6-9(7)16-8/h7-9H,3-6H2,1-2H3,(H,11,13)/t7-,8+,9+/m0/s1. The Bertz CT molecular complexity index is 395. The first-order valence-electron chi connectivity index (χ1n) is 5.71. The Balaban J connectivity index is 1.89. The Morgan fingerprint density at radius 1 is 1.47 bits per heavy atom. The first-order valence-corrected chi connectivity index (χ1v) is 7.56. The lowest BCUT2D eigenvalue weighted by atomic mass is 10.0. The van der Waals surface area contributed by atoms with E-state index in [2.05, 4.69) is 5.32 Å². The number of amides is 1. The fourth-order valence-corrected chi connectivity index (χ4v) is 3.42. The third-order valence-corrected chi connectivity index (χ3v) is 4.68. The highest BCUT2D eigenvalue weighted by Crippen LogP contribution is 2.34. The number of hydrogen-bond acceptors (Lipinski definition) is 4. The van der Waals surface area contributed by atoms with Crippen LogP contribution in [-0.4, -0.2) is 57.2 Å². The largest absolute Gasteiger partial charge is 0.373 e. The molecule has 0 saturated carbocycles. The van der Waals surface area contributed by atoms with E-state index in [1.165, 1.54) is 10.6 Å². The molecule has 0 aromatic carbocycles. The summed E-state index contributed by atoms with van der Waals surface area (Å²) in [6.07, 6.45) is 2.24. The summed E-state index contributed by atoms with van der Waals surface area (Å²) in [6, 6.07) is 0. The second-order valence-corrected chi connectivity index (χ2v) is 6.73. The van der Waals surface area contributed by atoms with E-state index in [4.69, 9.17) is 4.74 Å². The second kappa shape index (κ2) is 4.55. The summed E-state index contributed by atoms with van der Waals surface area (Å²) >= 11 is 0. The minimum absolute atomic E-state index is 0.0325. The number of nitrogens with zero attached hydrogens (tertiary/aromatic N) is 1. The van der Waals surface area contributed by atoms with Crippen molar-refractivity contribution in [1.82, 2.24) is 9.62 Å². The van der Waals surface area contributed by atoms with Gasteiger partial charge in [-0.3, -0.25) is 4.79 Å². The van der Waals surface area contributed by atoms with Crippen LogP contribution in [-0.2, 0) is 19.6 Å². The van der Waals surface area contributed by atoms with E-state index >= 15 is 0 Å². The van der Waals surface area contributed by atoms with Gasteiger partial charge in [0.05, 0.1) is 24.9 Å². The van der Waals surface area contributed by atoms with E-state index in [1.807, 2.05) is 0 Å². The van der Waals surface area contributed by atoms with Crippen molar-refractivity contribution in [3.8, 4) is 0 Å². The van der Waals surface area contributed by atoms with Crippen LogP contribution in [0.4, 0.5) is 0 Å². The molecule has 2 aliphatic heterocycles. The predicted octanol–water partition coefficient (Wildman–Crippen LogP) is -0.829. The number of rotatable bonds is 3. The minimum Gasteiger partial charge on any atom is -0.373 e. The lowest BCUT2D eigenvalue weighted by Crippen LogP contribution is -2.31. The van der Waals surface area contributed by atoms with Crippen molar-refractivity contribution in [1.29, 1.82) is 0 Å². The number of sulfonamides is 1. The summed E-state index contributed by atoms with van der Waals surface area (Å²) in [4.78, 5) is 11.2. The summed E-state index contributed by atoms with van der Waals surface area (Å²) in [7, 11) is -1.52. The van der Waals surface area contributed by atoms with Gasteiger partial charge in [0.2, 0.25) is 15.9 Å². The predicted molar refractivity (Wildman–Crippen MR) is 61.9 cm³/mol. The van der Waals surface area contributed by atoms with Crippen molar-refractivity contribution in [2.45, 2.75) is 25.0 Å². The first-order chi connectivity index (χ1) is 7.90. The number of ether oxygens (including phenoxy) is 1. The topological polar surface area (TPSA) is 75.7 Å². The van der Waals surface area contributed by atoms with Crippen LogP contribution in [0.5, 0.6) is 0 Å². The first kappa shape index (κ1) is 12.8. The molecular weight excluding hydrogens is 244 g/mol. The molecule has 17 heavy (non-hydrogen) atoms. The molecule has 6 nitrogen and oxygen atoms in total. The monoisotopic (exact) mass is 262 g/mol. The average molecular weight is 262 g/mol. The van der Waals surface area contributed by atoms with Gasteiger partial charge in [0, 0.05) is 26.1 Å². The molecular formula is C10H18N2O4S. The van der Waals surface area contributed by atoms with Crippen molar-refractivity contribution in [3.63, 3.8) is 0 Å². The van der Waals surface area contributed by atoms with Gasteiger partial charge in [-0.2, -0.15) is 4.31 Å². The fraction of sp³-hybridized carbons (Fsp3) is 0.900. The molecule has 7 heteroatoms. The Morgan fingerprint density at radius 2 is 2.18 bits per heavy atom. The van der Waals surface area contributed by atoms with Crippen molar-refractivity contribution >= 4 is 15.9 Å². The summed E-state index contributed by atoms with van der Waals surface area (Å²) in [5, 5.41) is 2.57. The highest BCUT2D eigenvalue weighted by molar-refractivity contribution is 7.88. The number of nitrogens with one attached hydrogen (secondary N) is 1. The van der Waals surface area contributed by atoms with Crippen LogP contribution < -0.4 is 5.32 Å². The molecule has 2 saturated heterocycles. The lowest BCUT2D eigenvalue weighted by molar-refractivity contribution is -0.123. The number of fused-ring (bicyclic) bond motifs is 1. The van der Waals surface area contributed by atoms with Crippen LogP contribution in [0.15, 0.2) is 0 Å². The average Bonchev–Trinajstić information content (AvgIpc) is 2.73. The van der Waals surface area contributed by atoms with Gasteiger partial charge in [0.15, 0.2) is 0 Å². The van der Waals surface area contributed by atoms with Crippen molar-refractivity contribution in [2.75, 3.05) is 26.4 Å². The number of carbonyl (C=O) groups excluding carboxylic acids is 1. The minimum atomic E-state index is -3.12. The molecule has 0 spiro atoms. The van der Waals surface area contributed by atoms with Crippen LogP contribution in [0, 0.1) is 5.92 Å². The van der Waals surface area contributed by atoms with Gasteiger partial charge in [-0.15, -0.1) is 0 Å². The van der Waals surface area contributed by atoms with Gasteiger partial charge in [-0.05, 0) is 6.42 Å². The van der Waals surface area contributed by atoms with Crippen LogP contribution in [0.1, 0.15) is 12.8 Å². The second-order valence-electron chi connectivity index (χ2n) is 4.75. The Hall–Kier alpha value is -0.660. The molecule has 0 aromatic heterocycles. The highest BCUT2D eigenvalue weighted by Gasteiger charge is 2.44. The van der Waals surface area contributed by atoms with E-state index in [9.17, 15) is 13.2 Å². The summed E-state index contributed by atoms with van der Waals surface area (Å²) in [5.74, 6) is 0.203. The van der Waals surface area contributed by atoms with Crippen LogP contribution >= 0.6 is 0 Å². The molecule has 2 heterocycles. The Kier molecular flexibility index (Phi) is 3.42. The third kappa shape index (κ3) is 2.78. The van der Waals surface area contributed by atoms with E-state index in [-0.39, 0.29) is 24.0 Å². The van der Waals surface area contributed by atoms with Crippen molar-refractivity contribution < 1.29 is 17.9 Å². The number of hydrogen-bond donors (Lipinski definition) is 1. The maximum Gasteiger partial charge on any atom is 0.222 e. The maximum atomic E-state index is 11.4. The van der Waals surface area contributed by atoms with Gasteiger partial charge in [0.25, 0.3) is 0 Å². The molecule has 0 unspecified atom stereocenters. The highest BCUT2D eigenvalue weighted by atomic mass is 32.2. The quantitative estimate of drug-likeness (QED) is 0.720. The maximum absolute atomic E-state index is 11.4. The molecule has 2 fully saturated rings. The Labute approximate surface area is 101 Å². The SMILES string of the molecule is CNC(=O)C[C@H]1C[C@H]2CN(S(C)(=O)=O)C[C@H]2O1. The molecule has 2 aliphatic rings. The van der Waals surface area contributed by atoms with Crippen LogP contribution in [0.3, 0.4) is 0 Å². The van der Waals surface area contributed by atoms with E-state index < -0.39 is 10.0 Å². The van der Waals surface area contributed by atoms with E-state index in [0.717, 1.165) is 6.42 Å².